The van der Waals surface area contributed by atoms with Crippen molar-refractivity contribution in [2.75, 3.05) is 4.90 Å². The number of carbonyl (C=O) groups excluding carboxylic acids is 3. The highest BCUT2D eigenvalue weighted by molar-refractivity contribution is 6.40. The van der Waals surface area contributed by atoms with Gasteiger partial charge in [-0.1, -0.05) is 48.5 Å². The van der Waals surface area contributed by atoms with Crippen LogP contribution in [0.1, 0.15) is 18.1 Å². The fourth-order valence-electron chi connectivity index (χ4n) is 2.58. The number of imide groups is 1. The Bertz CT molecular complexity index is 839. The molecule has 2 aromatic carbocycles. The number of carbonyl (C=O) groups is 3. The first kappa shape index (κ1) is 15.7. The standard InChI is InChI=1S/C19H15NO4/c1-13(21)20-17-10-6-5-9-15(17)16(19(20)23)11-18(22)24-12-14-7-3-2-4-8-14/h2-11H,12H2,1H3/b16-11-. The second kappa shape index (κ2) is 6.50. The minimum Gasteiger partial charge on any atom is -0.458 e. The molecule has 0 spiro atoms. The summed E-state index contributed by atoms with van der Waals surface area (Å²) in [5.41, 5.74) is 2.05. The van der Waals surface area contributed by atoms with Crippen LogP contribution in [-0.4, -0.2) is 17.8 Å². The van der Waals surface area contributed by atoms with Crippen LogP contribution in [-0.2, 0) is 25.7 Å². The van der Waals surface area contributed by atoms with Crippen molar-refractivity contribution >= 4 is 29.0 Å². The lowest BCUT2D eigenvalue weighted by atomic mass is 10.1. The zero-order valence-corrected chi connectivity index (χ0v) is 13.1. The monoisotopic (exact) mass is 321 g/mol. The number of ether oxygens (including phenoxy) is 1. The smallest absolute Gasteiger partial charge is 0.331 e. The molecule has 0 saturated heterocycles. The number of benzene rings is 2. The first-order valence-electron chi connectivity index (χ1n) is 7.44. The average Bonchev–Trinajstić information content (AvgIpc) is 2.86. The number of para-hydroxylation sites is 1. The third kappa shape index (κ3) is 2.96. The van der Waals surface area contributed by atoms with Crippen molar-refractivity contribution in [1.29, 1.82) is 0 Å². The number of hydrogen-bond donors (Lipinski definition) is 0. The molecule has 0 aromatic heterocycles. The van der Waals surface area contributed by atoms with Crippen LogP contribution >= 0.6 is 0 Å². The molecule has 0 radical (unpaired) electrons. The largest absolute Gasteiger partial charge is 0.458 e. The van der Waals surface area contributed by atoms with E-state index in [-0.39, 0.29) is 12.2 Å². The van der Waals surface area contributed by atoms with E-state index in [9.17, 15) is 14.4 Å². The molecule has 0 unspecified atom stereocenters. The van der Waals surface area contributed by atoms with Crippen LogP contribution in [0.4, 0.5) is 5.69 Å². The summed E-state index contributed by atoms with van der Waals surface area (Å²) in [5.74, 6) is -1.53. The minimum absolute atomic E-state index is 0.121. The number of fused-ring (bicyclic) bond motifs is 1. The maximum absolute atomic E-state index is 12.4. The quantitative estimate of drug-likeness (QED) is 0.644. The van der Waals surface area contributed by atoms with Gasteiger partial charge in [0.05, 0.1) is 11.3 Å². The average molecular weight is 321 g/mol. The summed E-state index contributed by atoms with van der Waals surface area (Å²) < 4.78 is 5.18. The highest BCUT2D eigenvalue weighted by atomic mass is 16.5. The molecule has 1 heterocycles. The van der Waals surface area contributed by atoms with Crippen molar-refractivity contribution in [3.8, 4) is 0 Å². The van der Waals surface area contributed by atoms with Gasteiger partial charge in [-0.3, -0.25) is 9.59 Å². The van der Waals surface area contributed by atoms with Crippen LogP contribution in [0.2, 0.25) is 0 Å². The molecule has 0 bridgehead atoms. The molecule has 3 rings (SSSR count). The van der Waals surface area contributed by atoms with Gasteiger partial charge >= 0.3 is 5.97 Å². The molecule has 2 amide bonds. The van der Waals surface area contributed by atoms with Crippen molar-refractivity contribution in [2.24, 2.45) is 0 Å². The fraction of sp³-hybridized carbons (Fsp3) is 0.105. The Morgan fingerprint density at radius 1 is 1.04 bits per heavy atom. The summed E-state index contributed by atoms with van der Waals surface area (Å²) >= 11 is 0. The normalized spacial score (nSPS) is 14.6. The Labute approximate surface area is 139 Å². The van der Waals surface area contributed by atoms with Gasteiger partial charge < -0.3 is 4.74 Å². The molecule has 0 atom stereocenters. The molecular weight excluding hydrogens is 306 g/mol. The van der Waals surface area contributed by atoms with Crippen LogP contribution in [0, 0.1) is 0 Å². The van der Waals surface area contributed by atoms with Crippen LogP contribution < -0.4 is 4.90 Å². The Balaban J connectivity index is 1.83. The second-order valence-electron chi connectivity index (χ2n) is 5.33. The van der Waals surface area contributed by atoms with E-state index in [2.05, 4.69) is 0 Å². The van der Waals surface area contributed by atoms with E-state index in [0.717, 1.165) is 16.5 Å². The Morgan fingerprint density at radius 2 is 1.71 bits per heavy atom. The van der Waals surface area contributed by atoms with Gasteiger partial charge in [-0.2, -0.15) is 0 Å². The molecule has 0 N–H and O–H groups in total. The van der Waals surface area contributed by atoms with Gasteiger partial charge in [-0.15, -0.1) is 0 Å². The molecule has 0 aliphatic carbocycles. The maximum Gasteiger partial charge on any atom is 0.331 e. The zero-order valence-electron chi connectivity index (χ0n) is 13.1. The van der Waals surface area contributed by atoms with E-state index in [4.69, 9.17) is 4.74 Å². The van der Waals surface area contributed by atoms with E-state index in [1.807, 2.05) is 30.3 Å². The predicted octanol–water partition coefficient (Wildman–Crippen LogP) is 2.71. The van der Waals surface area contributed by atoms with Gasteiger partial charge in [0.2, 0.25) is 5.91 Å². The first-order valence-corrected chi connectivity index (χ1v) is 7.44. The van der Waals surface area contributed by atoms with E-state index in [1.165, 1.54) is 6.92 Å². The minimum atomic E-state index is -0.623. The highest BCUT2D eigenvalue weighted by Crippen LogP contribution is 2.36. The molecular formula is C19H15NO4. The molecule has 24 heavy (non-hydrogen) atoms. The summed E-state index contributed by atoms with van der Waals surface area (Å²) in [5, 5.41) is 0. The summed E-state index contributed by atoms with van der Waals surface area (Å²) in [4.78, 5) is 37.3. The van der Waals surface area contributed by atoms with Crippen molar-refractivity contribution < 1.29 is 19.1 Å². The lowest BCUT2D eigenvalue weighted by Gasteiger charge is -2.11. The highest BCUT2D eigenvalue weighted by Gasteiger charge is 2.35. The molecule has 0 fully saturated rings. The van der Waals surface area contributed by atoms with Gasteiger partial charge in [0.15, 0.2) is 0 Å². The van der Waals surface area contributed by atoms with Crippen molar-refractivity contribution in [3.63, 3.8) is 0 Å². The van der Waals surface area contributed by atoms with Gasteiger partial charge in [-0.05, 0) is 11.6 Å². The number of amides is 2. The summed E-state index contributed by atoms with van der Waals surface area (Å²) in [6, 6.07) is 16.1. The van der Waals surface area contributed by atoms with E-state index >= 15 is 0 Å². The Morgan fingerprint density at radius 3 is 2.42 bits per heavy atom. The van der Waals surface area contributed by atoms with Gasteiger partial charge in [-0.25, -0.2) is 9.69 Å². The van der Waals surface area contributed by atoms with Gasteiger partial charge in [0.25, 0.3) is 5.91 Å². The van der Waals surface area contributed by atoms with Crippen LogP contribution in [0.25, 0.3) is 5.57 Å². The number of anilines is 1. The van der Waals surface area contributed by atoms with Crippen molar-refractivity contribution in [3.05, 3.63) is 71.8 Å². The second-order valence-corrected chi connectivity index (χ2v) is 5.33. The molecule has 0 saturated carbocycles. The van der Waals surface area contributed by atoms with Crippen LogP contribution in [0.3, 0.4) is 0 Å². The molecule has 120 valence electrons. The lowest BCUT2D eigenvalue weighted by molar-refractivity contribution is -0.139. The topological polar surface area (TPSA) is 63.7 Å². The number of hydrogen-bond acceptors (Lipinski definition) is 4. The third-order valence-electron chi connectivity index (χ3n) is 3.67. The first-order chi connectivity index (χ1) is 11.6. The number of rotatable bonds is 3. The molecule has 1 aliphatic rings. The fourth-order valence-corrected chi connectivity index (χ4v) is 2.58. The number of esters is 1. The Kier molecular flexibility index (Phi) is 4.24. The van der Waals surface area contributed by atoms with Crippen LogP contribution in [0.15, 0.2) is 60.7 Å². The van der Waals surface area contributed by atoms with E-state index in [0.29, 0.717) is 11.3 Å². The lowest BCUT2D eigenvalue weighted by Crippen LogP contribution is -2.31. The van der Waals surface area contributed by atoms with Gasteiger partial charge in [0.1, 0.15) is 6.61 Å². The SMILES string of the molecule is CC(=O)N1C(=O)/C(=C\C(=O)OCc2ccccc2)c2ccccc21. The van der Waals surface area contributed by atoms with Gasteiger partial charge in [0, 0.05) is 18.6 Å². The molecule has 1 aliphatic heterocycles. The predicted molar refractivity (Wildman–Crippen MR) is 88.8 cm³/mol. The summed E-state index contributed by atoms with van der Waals surface area (Å²) in [6.45, 7) is 1.43. The number of nitrogens with zero attached hydrogens (tertiary/aromatic N) is 1. The summed E-state index contributed by atoms with van der Waals surface area (Å²) in [7, 11) is 0. The van der Waals surface area contributed by atoms with Crippen LogP contribution in [0.5, 0.6) is 0 Å². The van der Waals surface area contributed by atoms with E-state index < -0.39 is 17.8 Å². The third-order valence-corrected chi connectivity index (χ3v) is 3.67. The van der Waals surface area contributed by atoms with E-state index in [1.54, 1.807) is 24.3 Å². The molecule has 5 heteroatoms. The molecule has 2 aromatic rings. The maximum atomic E-state index is 12.4. The van der Waals surface area contributed by atoms with Crippen molar-refractivity contribution in [1.82, 2.24) is 0 Å². The Hall–Kier alpha value is -3.21. The zero-order chi connectivity index (χ0) is 17.1. The summed E-state index contributed by atoms with van der Waals surface area (Å²) in [6.07, 6.45) is 1.15. The molecule has 5 nitrogen and oxygen atoms in total. The van der Waals surface area contributed by atoms with Crippen molar-refractivity contribution in [2.45, 2.75) is 13.5 Å².